The molecule has 8 nitrogen and oxygen atoms in total. The van der Waals surface area contributed by atoms with Gasteiger partial charge in [0.15, 0.2) is 6.61 Å². The Balaban J connectivity index is 1.53. The first-order valence-electron chi connectivity index (χ1n) is 9.98. The van der Waals surface area contributed by atoms with Crippen LogP contribution >= 0.6 is 15.9 Å². The standard InChI is InChI=1S/C21H21BrFN3O5S/c1-12-7-17-18(31-11-20(27)24-17)9-19(12)32(29,30)26-6-2-3-13(10-26)21(28)25-16-5-4-14(22)8-15(16)23/h4-5,7-9,13H,2-3,6,10-11H2,1H3,(H,24,27)(H,25,28)/t13-/m1/s1. The van der Waals surface area contributed by atoms with Crippen LogP contribution in [0, 0.1) is 18.7 Å². The fraction of sp³-hybridized carbons (Fsp3) is 0.333. The number of benzene rings is 2. The van der Waals surface area contributed by atoms with Crippen molar-refractivity contribution < 1.29 is 27.1 Å². The molecule has 1 atom stereocenters. The lowest BCUT2D eigenvalue weighted by atomic mass is 9.98. The fourth-order valence-electron chi connectivity index (χ4n) is 3.83. The predicted molar refractivity (Wildman–Crippen MR) is 120 cm³/mol. The summed E-state index contributed by atoms with van der Waals surface area (Å²) in [6.07, 6.45) is 0.991. The summed E-state index contributed by atoms with van der Waals surface area (Å²) in [6.45, 7) is 1.71. The Labute approximate surface area is 193 Å². The van der Waals surface area contributed by atoms with E-state index in [1.54, 1.807) is 19.1 Å². The maximum Gasteiger partial charge on any atom is 0.262 e. The maximum atomic E-state index is 14.1. The van der Waals surface area contributed by atoms with Gasteiger partial charge < -0.3 is 15.4 Å². The van der Waals surface area contributed by atoms with Gasteiger partial charge in [-0.15, -0.1) is 0 Å². The highest BCUT2D eigenvalue weighted by Crippen LogP contribution is 2.35. The number of carbonyl (C=O) groups excluding carboxylic acids is 2. The zero-order valence-electron chi connectivity index (χ0n) is 17.2. The van der Waals surface area contributed by atoms with E-state index in [0.717, 1.165) is 0 Å². The molecule has 2 amide bonds. The van der Waals surface area contributed by atoms with Crippen LogP contribution in [-0.4, -0.2) is 44.2 Å². The second kappa shape index (κ2) is 8.80. The highest BCUT2D eigenvalue weighted by molar-refractivity contribution is 9.10. The van der Waals surface area contributed by atoms with Crippen LogP contribution in [0.5, 0.6) is 5.75 Å². The van der Waals surface area contributed by atoms with Crippen molar-refractivity contribution in [3.63, 3.8) is 0 Å². The van der Waals surface area contributed by atoms with Crippen LogP contribution in [0.25, 0.3) is 0 Å². The molecule has 0 unspecified atom stereocenters. The Bertz CT molecular complexity index is 1200. The molecule has 11 heteroatoms. The summed E-state index contributed by atoms with van der Waals surface area (Å²) in [5.74, 6) is -1.65. The van der Waals surface area contributed by atoms with Crippen molar-refractivity contribution in [3.05, 3.63) is 46.2 Å². The van der Waals surface area contributed by atoms with Crippen molar-refractivity contribution in [1.82, 2.24) is 4.31 Å². The normalized spacial score (nSPS) is 19.0. The summed E-state index contributed by atoms with van der Waals surface area (Å²) >= 11 is 3.17. The summed E-state index contributed by atoms with van der Waals surface area (Å²) in [6, 6.07) is 7.27. The minimum absolute atomic E-state index is 0.0135. The van der Waals surface area contributed by atoms with E-state index in [9.17, 15) is 22.4 Å². The molecule has 2 aromatic rings. The van der Waals surface area contributed by atoms with Crippen LogP contribution in [0.4, 0.5) is 15.8 Å². The van der Waals surface area contributed by atoms with Gasteiger partial charge >= 0.3 is 0 Å². The molecule has 0 aromatic heterocycles. The molecule has 1 fully saturated rings. The Morgan fingerprint density at radius 2 is 2.09 bits per heavy atom. The molecular formula is C21H21BrFN3O5S. The third-order valence-corrected chi connectivity index (χ3v) is 7.97. The lowest BCUT2D eigenvalue weighted by Gasteiger charge is -2.32. The zero-order chi connectivity index (χ0) is 23.0. The molecular weight excluding hydrogens is 505 g/mol. The minimum atomic E-state index is -3.91. The number of sulfonamides is 1. The molecule has 32 heavy (non-hydrogen) atoms. The third-order valence-electron chi connectivity index (χ3n) is 5.47. The number of hydrogen-bond acceptors (Lipinski definition) is 5. The SMILES string of the molecule is Cc1cc2c(cc1S(=O)(=O)N1CCC[C@@H](C(=O)Nc3ccc(Br)cc3F)C1)OCC(=O)N2. The Morgan fingerprint density at radius 3 is 2.84 bits per heavy atom. The molecule has 2 aliphatic heterocycles. The van der Waals surface area contributed by atoms with E-state index in [1.165, 1.54) is 22.5 Å². The summed E-state index contributed by atoms with van der Waals surface area (Å²) < 4.78 is 48.0. The van der Waals surface area contributed by atoms with Crippen LogP contribution in [0.1, 0.15) is 18.4 Å². The number of nitrogens with zero attached hydrogens (tertiary/aromatic N) is 1. The van der Waals surface area contributed by atoms with Crippen molar-refractivity contribution in [2.45, 2.75) is 24.7 Å². The van der Waals surface area contributed by atoms with E-state index >= 15 is 0 Å². The van der Waals surface area contributed by atoms with Gasteiger partial charge in [-0.2, -0.15) is 4.31 Å². The number of nitrogens with one attached hydrogen (secondary N) is 2. The smallest absolute Gasteiger partial charge is 0.262 e. The number of halogens is 2. The van der Waals surface area contributed by atoms with Crippen LogP contribution in [0.15, 0.2) is 39.7 Å². The van der Waals surface area contributed by atoms with E-state index in [4.69, 9.17) is 4.74 Å². The number of aryl methyl sites for hydroxylation is 1. The van der Waals surface area contributed by atoms with Gasteiger partial charge in [0, 0.05) is 23.6 Å². The topological polar surface area (TPSA) is 105 Å². The molecule has 0 aliphatic carbocycles. The molecule has 2 heterocycles. The molecule has 1 saturated heterocycles. The van der Waals surface area contributed by atoms with Gasteiger partial charge in [0.05, 0.1) is 22.2 Å². The Morgan fingerprint density at radius 1 is 1.31 bits per heavy atom. The number of fused-ring (bicyclic) bond motifs is 1. The van der Waals surface area contributed by atoms with Gasteiger partial charge in [0.1, 0.15) is 11.6 Å². The molecule has 4 rings (SSSR count). The predicted octanol–water partition coefficient (Wildman–Crippen LogP) is 3.27. The zero-order valence-corrected chi connectivity index (χ0v) is 19.6. The highest BCUT2D eigenvalue weighted by atomic mass is 79.9. The molecule has 2 aromatic carbocycles. The molecule has 0 saturated carbocycles. The molecule has 170 valence electrons. The van der Waals surface area contributed by atoms with Gasteiger partial charge in [-0.25, -0.2) is 12.8 Å². The van der Waals surface area contributed by atoms with Gasteiger partial charge in [0.2, 0.25) is 15.9 Å². The van der Waals surface area contributed by atoms with Crippen molar-refractivity contribution in [1.29, 1.82) is 0 Å². The van der Waals surface area contributed by atoms with E-state index in [-0.39, 0.29) is 41.9 Å². The van der Waals surface area contributed by atoms with Gasteiger partial charge in [-0.3, -0.25) is 9.59 Å². The average Bonchev–Trinajstić information content (AvgIpc) is 2.75. The quantitative estimate of drug-likeness (QED) is 0.637. The van der Waals surface area contributed by atoms with Crippen molar-refractivity contribution in [3.8, 4) is 5.75 Å². The maximum absolute atomic E-state index is 14.1. The largest absolute Gasteiger partial charge is 0.482 e. The van der Waals surface area contributed by atoms with Crippen molar-refractivity contribution in [2.75, 3.05) is 30.3 Å². The lowest BCUT2D eigenvalue weighted by molar-refractivity contribution is -0.121. The van der Waals surface area contributed by atoms with Gasteiger partial charge in [0.25, 0.3) is 5.91 Å². The molecule has 2 N–H and O–H groups in total. The second-order valence-electron chi connectivity index (χ2n) is 7.77. The van der Waals surface area contributed by atoms with E-state index in [1.807, 2.05) is 0 Å². The van der Waals surface area contributed by atoms with Crippen LogP contribution in [0.3, 0.4) is 0 Å². The summed E-state index contributed by atoms with van der Waals surface area (Å²) in [7, 11) is -3.91. The van der Waals surface area contributed by atoms with Crippen LogP contribution in [-0.2, 0) is 19.6 Å². The summed E-state index contributed by atoms with van der Waals surface area (Å²) in [5, 5.41) is 5.21. The molecule has 0 spiro atoms. The monoisotopic (exact) mass is 525 g/mol. The molecule has 2 aliphatic rings. The number of rotatable bonds is 4. The second-order valence-corrected chi connectivity index (χ2v) is 10.6. The summed E-state index contributed by atoms with van der Waals surface area (Å²) in [4.78, 5) is 24.3. The van der Waals surface area contributed by atoms with E-state index < -0.39 is 27.7 Å². The van der Waals surface area contributed by atoms with Crippen LogP contribution < -0.4 is 15.4 Å². The molecule has 0 bridgehead atoms. The summed E-state index contributed by atoms with van der Waals surface area (Å²) in [5.41, 5.74) is 0.922. The van der Waals surface area contributed by atoms with Crippen molar-refractivity contribution in [2.24, 2.45) is 5.92 Å². The van der Waals surface area contributed by atoms with Gasteiger partial charge in [-0.05, 0) is 49.6 Å². The number of anilines is 2. The number of carbonyl (C=O) groups is 2. The first-order valence-corrected chi connectivity index (χ1v) is 12.2. The van der Waals surface area contributed by atoms with E-state index in [2.05, 4.69) is 26.6 Å². The molecule has 0 radical (unpaired) electrons. The average molecular weight is 526 g/mol. The van der Waals surface area contributed by atoms with Gasteiger partial charge in [-0.1, -0.05) is 15.9 Å². The number of piperidine rings is 1. The highest BCUT2D eigenvalue weighted by Gasteiger charge is 2.35. The number of hydrogen-bond donors (Lipinski definition) is 2. The third kappa shape index (κ3) is 4.50. The first kappa shape index (κ1) is 22.7. The first-order chi connectivity index (χ1) is 15.1. The fourth-order valence-corrected chi connectivity index (χ4v) is 5.91. The number of ether oxygens (including phenoxy) is 1. The van der Waals surface area contributed by atoms with E-state index in [0.29, 0.717) is 28.6 Å². The number of amides is 2. The Kier molecular flexibility index (Phi) is 6.24. The minimum Gasteiger partial charge on any atom is -0.482 e. The van der Waals surface area contributed by atoms with Crippen molar-refractivity contribution >= 4 is 49.1 Å². The van der Waals surface area contributed by atoms with Crippen LogP contribution in [0.2, 0.25) is 0 Å². The lowest BCUT2D eigenvalue weighted by Crippen LogP contribution is -2.44. The Hall–Kier alpha value is -2.50.